The van der Waals surface area contributed by atoms with Gasteiger partial charge in [0, 0.05) is 31.1 Å². The highest BCUT2D eigenvalue weighted by Gasteiger charge is 2.30. The number of benzene rings is 2. The summed E-state index contributed by atoms with van der Waals surface area (Å²) in [4.78, 5) is 12.2. The van der Waals surface area contributed by atoms with E-state index in [1.807, 2.05) is 0 Å². The minimum atomic E-state index is -4.48. The molecule has 2 rings (SSSR count). The van der Waals surface area contributed by atoms with Crippen LogP contribution in [0.1, 0.15) is 37.5 Å². The summed E-state index contributed by atoms with van der Waals surface area (Å²) in [5, 5.41) is 16.0. The first-order chi connectivity index (χ1) is 15.2. The van der Waals surface area contributed by atoms with Gasteiger partial charge < -0.3 is 20.5 Å². The van der Waals surface area contributed by atoms with Gasteiger partial charge >= 0.3 is 12.3 Å². The highest BCUT2D eigenvalue weighted by atomic mass is 19.4. The molecular weight excluding hydrogens is 447 g/mol. The molecule has 0 heterocycles. The molecule has 1 amide bonds. The van der Waals surface area contributed by atoms with Gasteiger partial charge in [0.05, 0.1) is 5.56 Å². The zero-order valence-corrected chi connectivity index (χ0v) is 18.5. The number of hydrogen-bond acceptors (Lipinski definition) is 4. The number of ether oxygens (including phenoxy) is 1. The summed E-state index contributed by atoms with van der Waals surface area (Å²) in [5.74, 6) is -1.64. The molecule has 33 heavy (non-hydrogen) atoms. The van der Waals surface area contributed by atoms with E-state index in [1.165, 1.54) is 12.1 Å². The number of halogens is 5. The molecule has 0 unspecified atom stereocenters. The van der Waals surface area contributed by atoms with E-state index < -0.39 is 47.2 Å². The highest BCUT2D eigenvalue weighted by Crippen LogP contribution is 2.29. The van der Waals surface area contributed by atoms with Crippen LogP contribution in [0.25, 0.3) is 0 Å². The summed E-state index contributed by atoms with van der Waals surface area (Å²) in [6.45, 7) is 5.02. The fourth-order valence-electron chi connectivity index (χ4n) is 3.04. The minimum Gasteiger partial charge on any atom is -0.443 e. The second kappa shape index (κ2) is 10.9. The maximum Gasteiger partial charge on any atom is 0.416 e. The second-order valence-electron chi connectivity index (χ2n) is 8.70. The number of alkyl halides is 3. The average molecular weight is 474 g/mol. The third-order valence-electron chi connectivity index (χ3n) is 4.46. The third kappa shape index (κ3) is 9.35. The van der Waals surface area contributed by atoms with E-state index in [0.717, 1.165) is 24.3 Å². The monoisotopic (exact) mass is 474 g/mol. The van der Waals surface area contributed by atoms with Gasteiger partial charge in [0.15, 0.2) is 0 Å². The number of carbonyl (C=O) groups excluding carboxylic acids is 1. The molecule has 0 saturated carbocycles. The van der Waals surface area contributed by atoms with Crippen molar-refractivity contribution in [3.8, 4) is 0 Å². The Morgan fingerprint density at radius 3 is 2.24 bits per heavy atom. The molecule has 0 bridgehead atoms. The van der Waals surface area contributed by atoms with Crippen molar-refractivity contribution in [3.05, 3.63) is 70.8 Å². The number of alkyl carbamates (subject to hydrolysis) is 1. The van der Waals surface area contributed by atoms with Gasteiger partial charge in [-0.25, -0.2) is 13.6 Å². The van der Waals surface area contributed by atoms with Crippen molar-refractivity contribution in [1.82, 2.24) is 10.6 Å². The van der Waals surface area contributed by atoms with E-state index in [1.54, 1.807) is 20.8 Å². The Kier molecular flexibility index (Phi) is 8.79. The average Bonchev–Trinajstić information content (AvgIpc) is 2.64. The Morgan fingerprint density at radius 1 is 1.03 bits per heavy atom. The number of carbonyl (C=O) groups is 1. The SMILES string of the molecule is CC(C)(C)NC(=O)O[C@@H](Cc1cc(F)cc(F)c1)[C@H](O)CNCc1cccc(C(F)(F)F)c1. The van der Waals surface area contributed by atoms with Gasteiger partial charge in [0.1, 0.15) is 23.8 Å². The fraction of sp³-hybridized carbons (Fsp3) is 0.435. The summed E-state index contributed by atoms with van der Waals surface area (Å²) < 4.78 is 71.0. The zero-order chi connectivity index (χ0) is 24.8. The van der Waals surface area contributed by atoms with Gasteiger partial charge in [-0.2, -0.15) is 13.2 Å². The highest BCUT2D eigenvalue weighted by molar-refractivity contribution is 5.68. The molecule has 0 radical (unpaired) electrons. The van der Waals surface area contributed by atoms with Gasteiger partial charge in [-0.05, 0) is 50.1 Å². The number of hydrogen-bond donors (Lipinski definition) is 3. The fourth-order valence-corrected chi connectivity index (χ4v) is 3.04. The Hall–Kier alpha value is -2.72. The van der Waals surface area contributed by atoms with Gasteiger partial charge in [0.2, 0.25) is 0 Å². The third-order valence-corrected chi connectivity index (χ3v) is 4.46. The topological polar surface area (TPSA) is 70.6 Å². The predicted octanol–water partition coefficient (Wildman–Crippen LogP) is 4.57. The maximum atomic E-state index is 13.6. The van der Waals surface area contributed by atoms with Crippen molar-refractivity contribution in [2.45, 2.75) is 57.7 Å². The second-order valence-corrected chi connectivity index (χ2v) is 8.70. The molecule has 0 saturated heterocycles. The maximum absolute atomic E-state index is 13.6. The van der Waals surface area contributed by atoms with Crippen molar-refractivity contribution in [1.29, 1.82) is 0 Å². The van der Waals surface area contributed by atoms with Crippen LogP contribution in [0.5, 0.6) is 0 Å². The van der Waals surface area contributed by atoms with Gasteiger partial charge in [-0.3, -0.25) is 0 Å². The summed E-state index contributed by atoms with van der Waals surface area (Å²) >= 11 is 0. The number of aliphatic hydroxyl groups excluding tert-OH is 1. The predicted molar refractivity (Wildman–Crippen MR) is 112 cm³/mol. The molecule has 5 nitrogen and oxygen atoms in total. The Labute approximate surface area is 188 Å². The molecule has 0 fully saturated rings. The smallest absolute Gasteiger partial charge is 0.416 e. The van der Waals surface area contributed by atoms with Crippen LogP contribution in [-0.4, -0.2) is 35.5 Å². The van der Waals surface area contributed by atoms with Crippen LogP contribution >= 0.6 is 0 Å². The number of rotatable bonds is 8. The van der Waals surface area contributed by atoms with E-state index in [9.17, 15) is 31.9 Å². The normalized spacial score (nSPS) is 14.0. The molecule has 0 aliphatic rings. The van der Waals surface area contributed by atoms with Gasteiger partial charge in [-0.1, -0.05) is 18.2 Å². The lowest BCUT2D eigenvalue weighted by Crippen LogP contribution is -2.46. The van der Waals surface area contributed by atoms with Crippen LogP contribution < -0.4 is 10.6 Å². The van der Waals surface area contributed by atoms with Crippen molar-refractivity contribution < 1.29 is 36.6 Å². The van der Waals surface area contributed by atoms with E-state index in [4.69, 9.17) is 4.74 Å². The Morgan fingerprint density at radius 2 is 1.67 bits per heavy atom. The molecule has 182 valence electrons. The summed E-state index contributed by atoms with van der Waals surface area (Å²) in [7, 11) is 0. The molecule has 0 aliphatic heterocycles. The molecular formula is C23H27F5N2O3. The van der Waals surface area contributed by atoms with E-state index in [2.05, 4.69) is 10.6 Å². The summed E-state index contributed by atoms with van der Waals surface area (Å²) in [6, 6.07) is 7.52. The first-order valence-corrected chi connectivity index (χ1v) is 10.2. The molecule has 2 aromatic rings. The van der Waals surface area contributed by atoms with Crippen LogP contribution in [0, 0.1) is 11.6 Å². The molecule has 2 aromatic carbocycles. The molecule has 0 aromatic heterocycles. The molecule has 3 N–H and O–H groups in total. The Balaban J connectivity index is 2.07. The lowest BCUT2D eigenvalue weighted by atomic mass is 10.0. The number of aliphatic hydroxyl groups is 1. The van der Waals surface area contributed by atoms with E-state index >= 15 is 0 Å². The summed E-state index contributed by atoms with van der Waals surface area (Å²) in [5.41, 5.74) is -0.917. The molecule has 2 atom stereocenters. The Bertz CT molecular complexity index is 924. The van der Waals surface area contributed by atoms with Crippen LogP contribution in [0.4, 0.5) is 26.7 Å². The van der Waals surface area contributed by atoms with Crippen LogP contribution in [0.2, 0.25) is 0 Å². The first-order valence-electron chi connectivity index (χ1n) is 10.2. The van der Waals surface area contributed by atoms with Crippen molar-refractivity contribution >= 4 is 6.09 Å². The molecule has 0 aliphatic carbocycles. The first kappa shape index (κ1) is 26.5. The van der Waals surface area contributed by atoms with Crippen molar-refractivity contribution in [2.24, 2.45) is 0 Å². The molecule has 0 spiro atoms. The lowest BCUT2D eigenvalue weighted by molar-refractivity contribution is -0.137. The largest absolute Gasteiger partial charge is 0.443 e. The van der Waals surface area contributed by atoms with Crippen molar-refractivity contribution in [2.75, 3.05) is 6.54 Å². The summed E-state index contributed by atoms with van der Waals surface area (Å²) in [6.07, 6.45) is -7.98. The van der Waals surface area contributed by atoms with E-state index in [0.29, 0.717) is 11.6 Å². The minimum absolute atomic E-state index is 0.0104. The van der Waals surface area contributed by atoms with Crippen LogP contribution in [0.15, 0.2) is 42.5 Å². The van der Waals surface area contributed by atoms with Gasteiger partial charge in [0.25, 0.3) is 0 Å². The standard InChI is InChI=1S/C23H27F5N2O3/c1-22(2,3)30-21(32)33-20(10-15-8-17(24)11-18(25)9-15)19(31)13-29-12-14-5-4-6-16(7-14)23(26,27)28/h4-9,11,19-20,29,31H,10,12-13H2,1-3H3,(H,30,32)/t19-,20+/m1/s1. The number of nitrogens with one attached hydrogen (secondary N) is 2. The van der Waals surface area contributed by atoms with Gasteiger partial charge in [-0.15, -0.1) is 0 Å². The number of amides is 1. The van der Waals surface area contributed by atoms with Crippen molar-refractivity contribution in [3.63, 3.8) is 0 Å². The van der Waals surface area contributed by atoms with Crippen LogP contribution in [-0.2, 0) is 23.9 Å². The quantitative estimate of drug-likeness (QED) is 0.491. The van der Waals surface area contributed by atoms with E-state index in [-0.39, 0.29) is 25.1 Å². The van der Waals surface area contributed by atoms with Crippen LogP contribution in [0.3, 0.4) is 0 Å². The zero-order valence-electron chi connectivity index (χ0n) is 18.5. The molecule has 10 heteroatoms. The lowest BCUT2D eigenvalue weighted by Gasteiger charge is -2.27.